The minimum absolute atomic E-state index is 0.292. The lowest BCUT2D eigenvalue weighted by atomic mass is 10.1. The van der Waals surface area contributed by atoms with Crippen LogP contribution in [-0.4, -0.2) is 52.5 Å². The fourth-order valence-corrected chi connectivity index (χ4v) is 3.08. The topological polar surface area (TPSA) is 60.9 Å². The van der Waals surface area contributed by atoms with Gasteiger partial charge >= 0.3 is 5.97 Å². The zero-order valence-corrected chi connectivity index (χ0v) is 11.3. The minimum atomic E-state index is -0.894. The Hall–Kier alpha value is -1.88. The van der Waals surface area contributed by atoms with E-state index < -0.39 is 5.97 Å². The van der Waals surface area contributed by atoms with Crippen LogP contribution in [0.2, 0.25) is 0 Å². The number of carboxylic acids is 1. The van der Waals surface area contributed by atoms with Gasteiger partial charge in [-0.1, -0.05) is 12.1 Å². The number of carboxylic acid groups (broad SMARTS) is 1. The van der Waals surface area contributed by atoms with Crippen LogP contribution in [0.15, 0.2) is 24.3 Å². The van der Waals surface area contributed by atoms with Crippen LogP contribution in [0.3, 0.4) is 0 Å². The Kier molecular flexibility index (Phi) is 3.44. The molecule has 0 spiro atoms. The van der Waals surface area contributed by atoms with Crippen LogP contribution < -0.4 is 0 Å². The molecule has 2 fully saturated rings. The van der Waals surface area contributed by atoms with Crippen LogP contribution in [0.4, 0.5) is 0 Å². The molecule has 0 aromatic heterocycles. The molecule has 5 heteroatoms. The summed E-state index contributed by atoms with van der Waals surface area (Å²) in [7, 11) is 0. The maximum absolute atomic E-state index is 11.6. The fourth-order valence-electron chi connectivity index (χ4n) is 3.08. The van der Waals surface area contributed by atoms with Gasteiger partial charge in [0.1, 0.15) is 0 Å². The standard InChI is InChI=1S/C15H18N2O3/c18-14-6-5-13-10-16(7-8-17(13)14)9-11-1-3-12(4-2-11)15(19)20/h1-4,13H,5-10H2,(H,19,20). The first kappa shape index (κ1) is 13.1. The van der Waals surface area contributed by atoms with E-state index in [2.05, 4.69) is 4.90 Å². The lowest BCUT2D eigenvalue weighted by molar-refractivity contribution is -0.130. The van der Waals surface area contributed by atoms with Gasteiger partial charge in [-0.15, -0.1) is 0 Å². The van der Waals surface area contributed by atoms with Gasteiger partial charge in [0.05, 0.1) is 5.56 Å². The van der Waals surface area contributed by atoms with Crippen molar-refractivity contribution in [1.82, 2.24) is 9.80 Å². The fraction of sp³-hybridized carbons (Fsp3) is 0.467. The van der Waals surface area contributed by atoms with E-state index in [0.717, 1.165) is 38.2 Å². The monoisotopic (exact) mass is 274 g/mol. The maximum atomic E-state index is 11.6. The number of benzene rings is 1. The number of hydrogen-bond donors (Lipinski definition) is 1. The van der Waals surface area contributed by atoms with Crippen LogP contribution in [0.25, 0.3) is 0 Å². The Morgan fingerprint density at radius 1 is 1.25 bits per heavy atom. The Labute approximate surface area is 117 Å². The molecule has 0 aliphatic carbocycles. The molecule has 106 valence electrons. The van der Waals surface area contributed by atoms with Crippen molar-refractivity contribution in [2.45, 2.75) is 25.4 Å². The highest BCUT2D eigenvalue weighted by atomic mass is 16.4. The van der Waals surface area contributed by atoms with Gasteiger partial charge in [-0.25, -0.2) is 4.79 Å². The second-order valence-electron chi connectivity index (χ2n) is 5.52. The second-order valence-corrected chi connectivity index (χ2v) is 5.52. The van der Waals surface area contributed by atoms with Gasteiger partial charge in [0.25, 0.3) is 0 Å². The third-order valence-electron chi connectivity index (χ3n) is 4.19. The van der Waals surface area contributed by atoms with Gasteiger partial charge in [0.15, 0.2) is 0 Å². The number of carbonyl (C=O) groups is 2. The number of hydrogen-bond acceptors (Lipinski definition) is 3. The van der Waals surface area contributed by atoms with Gasteiger partial charge < -0.3 is 10.0 Å². The highest BCUT2D eigenvalue weighted by molar-refractivity contribution is 5.87. The van der Waals surface area contributed by atoms with Crippen molar-refractivity contribution >= 4 is 11.9 Å². The van der Waals surface area contributed by atoms with Crippen LogP contribution >= 0.6 is 0 Å². The number of amides is 1. The molecule has 5 nitrogen and oxygen atoms in total. The first-order valence-corrected chi connectivity index (χ1v) is 6.97. The molecule has 0 saturated carbocycles. The number of piperazine rings is 1. The molecule has 1 unspecified atom stereocenters. The van der Waals surface area contributed by atoms with Crippen LogP contribution in [0.5, 0.6) is 0 Å². The third kappa shape index (κ3) is 2.54. The Bertz CT molecular complexity index is 526. The molecule has 1 N–H and O–H groups in total. The summed E-state index contributed by atoms with van der Waals surface area (Å²) in [6.07, 6.45) is 1.65. The summed E-state index contributed by atoms with van der Waals surface area (Å²) in [4.78, 5) is 26.8. The predicted octanol–water partition coefficient (Wildman–Crippen LogP) is 1.19. The van der Waals surface area contributed by atoms with Crippen molar-refractivity contribution in [2.24, 2.45) is 0 Å². The number of aromatic carboxylic acids is 1. The first-order valence-electron chi connectivity index (χ1n) is 6.97. The van der Waals surface area contributed by atoms with Crippen LogP contribution in [0, 0.1) is 0 Å². The van der Waals surface area contributed by atoms with E-state index in [1.807, 2.05) is 17.0 Å². The van der Waals surface area contributed by atoms with Crippen molar-refractivity contribution in [1.29, 1.82) is 0 Å². The molecule has 2 heterocycles. The van der Waals surface area contributed by atoms with Gasteiger partial charge in [-0.05, 0) is 24.1 Å². The largest absolute Gasteiger partial charge is 0.478 e. The van der Waals surface area contributed by atoms with Gasteiger partial charge in [-0.3, -0.25) is 9.69 Å². The van der Waals surface area contributed by atoms with Crippen molar-refractivity contribution in [3.8, 4) is 0 Å². The Morgan fingerprint density at radius 2 is 2.00 bits per heavy atom. The Balaban J connectivity index is 1.61. The van der Waals surface area contributed by atoms with E-state index in [4.69, 9.17) is 5.11 Å². The zero-order valence-electron chi connectivity index (χ0n) is 11.3. The molecule has 1 amide bonds. The van der Waals surface area contributed by atoms with E-state index in [1.54, 1.807) is 12.1 Å². The number of rotatable bonds is 3. The van der Waals surface area contributed by atoms with E-state index in [9.17, 15) is 9.59 Å². The lowest BCUT2D eigenvalue weighted by Gasteiger charge is -2.37. The van der Waals surface area contributed by atoms with Crippen molar-refractivity contribution in [3.63, 3.8) is 0 Å². The van der Waals surface area contributed by atoms with E-state index >= 15 is 0 Å². The molecule has 1 atom stereocenters. The van der Waals surface area contributed by atoms with Crippen LogP contribution in [-0.2, 0) is 11.3 Å². The minimum Gasteiger partial charge on any atom is -0.478 e. The normalized spacial score (nSPS) is 22.9. The summed E-state index contributed by atoms with van der Waals surface area (Å²) in [5.74, 6) is -0.602. The molecule has 20 heavy (non-hydrogen) atoms. The molecule has 1 aromatic carbocycles. The molecule has 0 radical (unpaired) electrons. The SMILES string of the molecule is O=C(O)c1ccc(CN2CCN3C(=O)CCC3C2)cc1. The van der Waals surface area contributed by atoms with E-state index in [1.165, 1.54) is 0 Å². The number of nitrogens with zero attached hydrogens (tertiary/aromatic N) is 2. The first-order chi connectivity index (χ1) is 9.63. The summed E-state index contributed by atoms with van der Waals surface area (Å²) < 4.78 is 0. The molecule has 2 aliphatic rings. The highest BCUT2D eigenvalue weighted by Gasteiger charge is 2.35. The van der Waals surface area contributed by atoms with Gasteiger partial charge in [0.2, 0.25) is 5.91 Å². The summed E-state index contributed by atoms with van der Waals surface area (Å²) in [6, 6.07) is 7.40. The molecular weight excluding hydrogens is 256 g/mol. The van der Waals surface area contributed by atoms with Crippen molar-refractivity contribution in [2.75, 3.05) is 19.6 Å². The summed E-state index contributed by atoms with van der Waals surface area (Å²) in [6.45, 7) is 3.45. The molecular formula is C15H18N2O3. The molecule has 2 saturated heterocycles. The number of fused-ring (bicyclic) bond motifs is 1. The molecule has 3 rings (SSSR count). The third-order valence-corrected chi connectivity index (χ3v) is 4.19. The quantitative estimate of drug-likeness (QED) is 0.899. The second kappa shape index (κ2) is 5.25. The molecule has 0 bridgehead atoms. The average molecular weight is 274 g/mol. The van der Waals surface area contributed by atoms with Crippen molar-refractivity contribution in [3.05, 3.63) is 35.4 Å². The lowest BCUT2D eigenvalue weighted by Crippen LogP contribution is -2.50. The van der Waals surface area contributed by atoms with Crippen LogP contribution in [0.1, 0.15) is 28.8 Å². The summed E-state index contributed by atoms with van der Waals surface area (Å²) >= 11 is 0. The summed E-state index contributed by atoms with van der Waals surface area (Å²) in [5.41, 5.74) is 1.44. The number of carbonyl (C=O) groups excluding carboxylic acids is 1. The predicted molar refractivity (Wildman–Crippen MR) is 73.4 cm³/mol. The summed E-state index contributed by atoms with van der Waals surface area (Å²) in [5, 5.41) is 8.88. The molecule has 1 aromatic rings. The maximum Gasteiger partial charge on any atom is 0.335 e. The van der Waals surface area contributed by atoms with E-state index in [0.29, 0.717) is 23.9 Å². The smallest absolute Gasteiger partial charge is 0.335 e. The molecule has 2 aliphatic heterocycles. The van der Waals surface area contributed by atoms with E-state index in [-0.39, 0.29) is 0 Å². The zero-order chi connectivity index (χ0) is 14.1. The highest BCUT2D eigenvalue weighted by Crippen LogP contribution is 2.23. The van der Waals surface area contributed by atoms with Gasteiger partial charge in [-0.2, -0.15) is 0 Å². The van der Waals surface area contributed by atoms with Gasteiger partial charge in [0, 0.05) is 38.6 Å². The Morgan fingerprint density at radius 3 is 2.70 bits per heavy atom. The van der Waals surface area contributed by atoms with Crippen molar-refractivity contribution < 1.29 is 14.7 Å². The average Bonchev–Trinajstić information content (AvgIpc) is 2.81.